The molecule has 0 aliphatic heterocycles. The van der Waals surface area contributed by atoms with Gasteiger partial charge in [-0.3, -0.25) is 9.59 Å². The fourth-order valence-electron chi connectivity index (χ4n) is 0.703. The Morgan fingerprint density at radius 3 is 0.933 bits per heavy atom. The normalized spacial score (nSPS) is 8.53. The van der Waals surface area contributed by atoms with Crippen LogP contribution in [0.2, 0.25) is 0 Å². The van der Waals surface area contributed by atoms with E-state index in [1.165, 1.54) is 27.7 Å². The van der Waals surface area contributed by atoms with Crippen LogP contribution in [0.25, 0.3) is 0 Å². The summed E-state index contributed by atoms with van der Waals surface area (Å²) in [5.41, 5.74) is 0. The highest BCUT2D eigenvalue weighted by Gasteiger charge is 1.95. The number of Topliss-reactive ketones (excluding diaryl/α,β-unsaturated/α-hetero) is 4. The van der Waals surface area contributed by atoms with E-state index in [2.05, 4.69) is 0 Å². The van der Waals surface area contributed by atoms with Crippen molar-refractivity contribution in [3.63, 3.8) is 0 Å². The van der Waals surface area contributed by atoms with Crippen molar-refractivity contribution in [1.29, 1.82) is 0 Å². The van der Waals surface area contributed by atoms with Crippen LogP contribution in [0.4, 0.5) is 0 Å². The topological polar surface area (TPSA) is 68.3 Å². The average molecular weight is 214 g/mol. The molecule has 0 fully saturated rings. The first-order valence-electron chi connectivity index (χ1n) is 4.73. The summed E-state index contributed by atoms with van der Waals surface area (Å²) in [7, 11) is 0. The van der Waals surface area contributed by atoms with Crippen LogP contribution in [-0.2, 0) is 19.2 Å². The molecular weight excluding hydrogens is 196 g/mol. The van der Waals surface area contributed by atoms with Crippen molar-refractivity contribution in [2.75, 3.05) is 0 Å². The maximum atomic E-state index is 10.2. The minimum atomic E-state index is -0.0625. The molecule has 0 rings (SSSR count). The van der Waals surface area contributed by atoms with Crippen molar-refractivity contribution in [2.24, 2.45) is 0 Å². The summed E-state index contributed by atoms with van der Waals surface area (Å²) in [6.45, 7) is 5.79. The van der Waals surface area contributed by atoms with Crippen LogP contribution in [0, 0.1) is 0 Å². The third kappa shape index (κ3) is 24.5. The second-order valence-electron chi connectivity index (χ2n) is 3.48. The maximum absolute atomic E-state index is 10.2. The first kappa shape index (κ1) is 16.1. The number of carbonyl (C=O) groups is 4. The third-order valence-corrected chi connectivity index (χ3v) is 1.33. The van der Waals surface area contributed by atoms with Gasteiger partial charge in [0.05, 0.1) is 6.42 Å². The standard InChI is InChI=1S/C6H10O2.C5H8O2/c1-5(7)3-4-6(2)8;1-4(6)3-5(2)7/h3-4H2,1-2H3;3H2,1-2H3. The predicted octanol–water partition coefficient (Wildman–Crippen LogP) is 1.50. The van der Waals surface area contributed by atoms with Gasteiger partial charge in [0.2, 0.25) is 0 Å². The SMILES string of the molecule is CC(=O)CC(C)=O.CC(=O)CCC(C)=O. The third-order valence-electron chi connectivity index (χ3n) is 1.33. The summed E-state index contributed by atoms with van der Waals surface area (Å²) in [5, 5.41) is 0. The summed E-state index contributed by atoms with van der Waals surface area (Å²) < 4.78 is 0. The zero-order valence-corrected chi connectivity index (χ0v) is 9.75. The average Bonchev–Trinajstić information content (AvgIpc) is 1.99. The minimum absolute atomic E-state index is 0.0625. The Morgan fingerprint density at radius 1 is 0.600 bits per heavy atom. The highest BCUT2D eigenvalue weighted by molar-refractivity contribution is 5.96. The lowest BCUT2D eigenvalue weighted by molar-refractivity contribution is -0.124. The lowest BCUT2D eigenvalue weighted by Crippen LogP contribution is -1.97. The number of rotatable bonds is 5. The molecule has 0 aromatic rings. The second-order valence-corrected chi connectivity index (χ2v) is 3.48. The van der Waals surface area contributed by atoms with E-state index >= 15 is 0 Å². The molecule has 0 aliphatic carbocycles. The van der Waals surface area contributed by atoms with E-state index in [1.54, 1.807) is 0 Å². The first-order valence-corrected chi connectivity index (χ1v) is 4.73. The molecule has 4 nitrogen and oxygen atoms in total. The first-order chi connectivity index (χ1) is 6.75. The molecule has 0 N–H and O–H groups in total. The van der Waals surface area contributed by atoms with Crippen molar-refractivity contribution in [1.82, 2.24) is 0 Å². The molecule has 15 heavy (non-hydrogen) atoms. The Morgan fingerprint density at radius 2 is 0.867 bits per heavy atom. The molecule has 0 aromatic heterocycles. The van der Waals surface area contributed by atoms with Gasteiger partial charge in [-0.2, -0.15) is 0 Å². The number of hydrogen-bond donors (Lipinski definition) is 0. The van der Waals surface area contributed by atoms with Crippen molar-refractivity contribution in [3.05, 3.63) is 0 Å². The summed E-state index contributed by atoms with van der Waals surface area (Å²) in [4.78, 5) is 40.5. The molecule has 0 atom stereocenters. The molecule has 0 aliphatic rings. The fraction of sp³-hybridized carbons (Fsp3) is 0.636. The molecule has 86 valence electrons. The van der Waals surface area contributed by atoms with Gasteiger partial charge in [0.25, 0.3) is 0 Å². The lowest BCUT2D eigenvalue weighted by atomic mass is 10.2. The van der Waals surface area contributed by atoms with Crippen LogP contribution in [0.1, 0.15) is 47.0 Å². The molecular formula is C11H18O4. The van der Waals surface area contributed by atoms with Gasteiger partial charge in [0.1, 0.15) is 23.1 Å². The Hall–Kier alpha value is -1.32. The Labute approximate surface area is 90.0 Å². The molecule has 4 heteroatoms. The monoisotopic (exact) mass is 214 g/mol. The molecule has 0 saturated heterocycles. The van der Waals surface area contributed by atoms with Crippen LogP contribution in [-0.4, -0.2) is 23.1 Å². The quantitative estimate of drug-likeness (QED) is 0.650. The van der Waals surface area contributed by atoms with Gasteiger partial charge in [-0.1, -0.05) is 0 Å². The van der Waals surface area contributed by atoms with E-state index in [-0.39, 0.29) is 29.6 Å². The summed E-state index contributed by atoms with van der Waals surface area (Å²) in [6.07, 6.45) is 0.880. The number of ketones is 4. The molecule has 0 bridgehead atoms. The maximum Gasteiger partial charge on any atom is 0.137 e. The minimum Gasteiger partial charge on any atom is -0.300 e. The molecule has 0 heterocycles. The van der Waals surface area contributed by atoms with Gasteiger partial charge in [-0.05, 0) is 27.7 Å². The molecule has 0 unspecified atom stereocenters. The van der Waals surface area contributed by atoms with Gasteiger partial charge in [-0.15, -0.1) is 0 Å². The van der Waals surface area contributed by atoms with E-state index in [4.69, 9.17) is 0 Å². The highest BCUT2D eigenvalue weighted by Crippen LogP contribution is 1.89. The predicted molar refractivity (Wildman–Crippen MR) is 56.6 cm³/mol. The molecule has 0 spiro atoms. The van der Waals surface area contributed by atoms with Gasteiger partial charge < -0.3 is 9.59 Å². The Balaban J connectivity index is 0. The van der Waals surface area contributed by atoms with E-state index in [1.807, 2.05) is 0 Å². The van der Waals surface area contributed by atoms with E-state index < -0.39 is 0 Å². The van der Waals surface area contributed by atoms with Crippen LogP contribution in [0.5, 0.6) is 0 Å². The van der Waals surface area contributed by atoms with Gasteiger partial charge in [0.15, 0.2) is 0 Å². The van der Waals surface area contributed by atoms with Crippen molar-refractivity contribution < 1.29 is 19.2 Å². The Kier molecular flexibility index (Phi) is 9.94. The van der Waals surface area contributed by atoms with Crippen LogP contribution < -0.4 is 0 Å². The summed E-state index contributed by atoms with van der Waals surface area (Å²) in [6, 6.07) is 0. The zero-order chi connectivity index (χ0) is 12.4. The highest BCUT2D eigenvalue weighted by atomic mass is 16.1. The van der Waals surface area contributed by atoms with E-state index in [0.717, 1.165) is 0 Å². The van der Waals surface area contributed by atoms with Gasteiger partial charge in [-0.25, -0.2) is 0 Å². The number of hydrogen-bond acceptors (Lipinski definition) is 4. The van der Waals surface area contributed by atoms with Crippen molar-refractivity contribution >= 4 is 23.1 Å². The zero-order valence-electron chi connectivity index (χ0n) is 9.75. The van der Waals surface area contributed by atoms with Gasteiger partial charge in [0, 0.05) is 12.8 Å². The van der Waals surface area contributed by atoms with Gasteiger partial charge >= 0.3 is 0 Å². The van der Waals surface area contributed by atoms with Crippen LogP contribution >= 0.6 is 0 Å². The summed E-state index contributed by atoms with van der Waals surface area (Å²) in [5.74, 6) is 0.0420. The Bertz CT molecular complexity index is 227. The smallest absolute Gasteiger partial charge is 0.137 e. The molecule has 0 amide bonds. The molecule has 0 saturated carbocycles. The van der Waals surface area contributed by atoms with Crippen LogP contribution in [0.3, 0.4) is 0 Å². The lowest BCUT2D eigenvalue weighted by Gasteiger charge is -1.86. The van der Waals surface area contributed by atoms with Crippen molar-refractivity contribution in [3.8, 4) is 0 Å². The molecule has 0 radical (unpaired) electrons. The largest absolute Gasteiger partial charge is 0.300 e. The summed E-state index contributed by atoms with van der Waals surface area (Å²) >= 11 is 0. The number of carbonyl (C=O) groups excluding carboxylic acids is 4. The fourth-order valence-corrected chi connectivity index (χ4v) is 0.703. The van der Waals surface area contributed by atoms with E-state index in [9.17, 15) is 19.2 Å². The van der Waals surface area contributed by atoms with Crippen LogP contribution in [0.15, 0.2) is 0 Å². The second kappa shape index (κ2) is 9.24. The molecule has 0 aromatic carbocycles. The van der Waals surface area contributed by atoms with Crippen molar-refractivity contribution in [2.45, 2.75) is 47.0 Å². The van der Waals surface area contributed by atoms with E-state index in [0.29, 0.717) is 12.8 Å².